The van der Waals surface area contributed by atoms with E-state index >= 15 is 0 Å². The molecule has 1 amide bonds. The molecule has 9 heteroatoms. The number of nitrogens with zero attached hydrogens (tertiary/aromatic N) is 2. The first-order chi connectivity index (χ1) is 16.7. The van der Waals surface area contributed by atoms with Gasteiger partial charge in [0, 0.05) is 27.4 Å². The van der Waals surface area contributed by atoms with E-state index in [0.29, 0.717) is 22.9 Å². The van der Waals surface area contributed by atoms with Crippen LogP contribution in [0.1, 0.15) is 64.4 Å². The maximum atomic E-state index is 13.5. The summed E-state index contributed by atoms with van der Waals surface area (Å²) < 4.78 is 0. The molecule has 3 aromatic rings. The molecule has 184 valence electrons. The third kappa shape index (κ3) is 5.69. The van der Waals surface area contributed by atoms with Crippen LogP contribution < -0.4 is 5.32 Å². The Labute approximate surface area is 212 Å². The lowest BCUT2D eigenvalue weighted by atomic mass is 9.78. The van der Waals surface area contributed by atoms with Crippen LogP contribution in [0.4, 0.5) is 5.69 Å². The quantitative estimate of drug-likeness (QED) is 0.395. The molecule has 1 fully saturated rings. The predicted octanol–water partition coefficient (Wildman–Crippen LogP) is 5.82. The molecule has 0 spiro atoms. The van der Waals surface area contributed by atoms with Crippen molar-refractivity contribution in [3.63, 3.8) is 0 Å². The highest BCUT2D eigenvalue weighted by Gasteiger charge is 2.35. The molecule has 2 aromatic heterocycles. The lowest BCUT2D eigenvalue weighted by molar-refractivity contribution is -0.128. The first kappa shape index (κ1) is 25.2. The number of thiophene rings is 1. The van der Waals surface area contributed by atoms with Gasteiger partial charge in [-0.3, -0.25) is 14.5 Å². The maximum absolute atomic E-state index is 13.5. The van der Waals surface area contributed by atoms with Crippen LogP contribution >= 0.6 is 22.7 Å². The van der Waals surface area contributed by atoms with Crippen molar-refractivity contribution in [2.45, 2.75) is 38.6 Å². The van der Waals surface area contributed by atoms with Crippen molar-refractivity contribution in [1.82, 2.24) is 9.88 Å². The van der Waals surface area contributed by atoms with E-state index < -0.39 is 12.0 Å². The Morgan fingerprint density at radius 2 is 1.80 bits per heavy atom. The second-order valence-corrected chi connectivity index (χ2v) is 11.1. The summed E-state index contributed by atoms with van der Waals surface area (Å²) in [4.78, 5) is 44.7. The number of hydrogen-bond acceptors (Lipinski definition) is 7. The zero-order valence-electron chi connectivity index (χ0n) is 20.0. The molecule has 1 aromatic carbocycles. The molecule has 0 radical (unpaired) electrons. The Morgan fingerprint density at radius 1 is 1.11 bits per heavy atom. The van der Waals surface area contributed by atoms with Crippen LogP contribution in [0.3, 0.4) is 0 Å². The number of carbonyl (C=O) groups excluding carboxylic acids is 2. The minimum Gasteiger partial charge on any atom is -0.477 e. The van der Waals surface area contributed by atoms with E-state index in [1.807, 2.05) is 37.2 Å². The summed E-state index contributed by atoms with van der Waals surface area (Å²) in [5.74, 6) is -0.609. The lowest BCUT2D eigenvalue weighted by Gasteiger charge is -2.31. The number of carbonyl (C=O) groups is 3. The maximum Gasteiger partial charge on any atom is 0.346 e. The Kier molecular flexibility index (Phi) is 7.78. The van der Waals surface area contributed by atoms with E-state index in [4.69, 9.17) is 0 Å². The number of aromatic carboxylic acids is 1. The zero-order chi connectivity index (χ0) is 25.1. The van der Waals surface area contributed by atoms with Crippen molar-refractivity contribution < 1.29 is 19.5 Å². The molecule has 1 atom stereocenters. The SMILES string of the molecule is CC1CCC(C(=O)C(c2cc(-c3ccc(NC(=O)c4cscn4)cc3)sc2C(=O)O)N(C)C)CC1. The number of aromatic nitrogens is 1. The smallest absolute Gasteiger partial charge is 0.346 e. The fourth-order valence-electron chi connectivity index (χ4n) is 4.61. The normalized spacial score (nSPS) is 18.9. The molecule has 0 aliphatic heterocycles. The summed E-state index contributed by atoms with van der Waals surface area (Å²) in [7, 11) is 3.66. The van der Waals surface area contributed by atoms with E-state index in [1.54, 1.807) is 23.0 Å². The van der Waals surface area contributed by atoms with Gasteiger partial charge in [0.05, 0.1) is 11.6 Å². The second-order valence-electron chi connectivity index (χ2n) is 9.33. The number of carboxylic acid groups (broad SMARTS) is 1. The van der Waals surface area contributed by atoms with Crippen molar-refractivity contribution in [3.05, 3.63) is 57.4 Å². The van der Waals surface area contributed by atoms with Crippen LogP contribution in [0, 0.1) is 11.8 Å². The van der Waals surface area contributed by atoms with Gasteiger partial charge in [0.25, 0.3) is 5.91 Å². The van der Waals surface area contributed by atoms with E-state index in [9.17, 15) is 19.5 Å². The van der Waals surface area contributed by atoms with Gasteiger partial charge in [-0.1, -0.05) is 31.9 Å². The van der Waals surface area contributed by atoms with E-state index in [0.717, 1.165) is 36.1 Å². The van der Waals surface area contributed by atoms with Crippen LogP contribution in [-0.4, -0.2) is 46.7 Å². The molecular weight excluding hydrogens is 482 g/mol. The topological polar surface area (TPSA) is 99.6 Å². The van der Waals surface area contributed by atoms with Crippen LogP contribution in [-0.2, 0) is 4.79 Å². The van der Waals surface area contributed by atoms with Crippen molar-refractivity contribution in [2.24, 2.45) is 11.8 Å². The summed E-state index contributed by atoms with van der Waals surface area (Å²) in [6.45, 7) is 2.22. The number of nitrogens with one attached hydrogen (secondary N) is 1. The third-order valence-electron chi connectivity index (χ3n) is 6.55. The third-order valence-corrected chi connectivity index (χ3v) is 8.32. The average Bonchev–Trinajstić information content (AvgIpc) is 3.51. The van der Waals surface area contributed by atoms with Crippen LogP contribution in [0.25, 0.3) is 10.4 Å². The minimum absolute atomic E-state index is 0.0378. The van der Waals surface area contributed by atoms with Crippen molar-refractivity contribution in [3.8, 4) is 10.4 Å². The number of ketones is 1. The molecule has 0 saturated heterocycles. The van der Waals surface area contributed by atoms with Gasteiger partial charge in [0.1, 0.15) is 10.6 Å². The first-order valence-corrected chi connectivity index (χ1v) is 13.4. The number of likely N-dealkylation sites (N-methyl/N-ethyl adjacent to an activating group) is 1. The van der Waals surface area contributed by atoms with Gasteiger partial charge >= 0.3 is 5.97 Å². The largest absolute Gasteiger partial charge is 0.477 e. The Morgan fingerprint density at radius 3 is 2.37 bits per heavy atom. The highest BCUT2D eigenvalue weighted by Crippen LogP contribution is 2.40. The van der Waals surface area contributed by atoms with E-state index in [-0.39, 0.29) is 22.5 Å². The monoisotopic (exact) mass is 511 g/mol. The summed E-state index contributed by atoms with van der Waals surface area (Å²) in [6, 6.07) is 8.47. The van der Waals surface area contributed by atoms with Gasteiger partial charge in [-0.2, -0.15) is 0 Å². The molecule has 35 heavy (non-hydrogen) atoms. The van der Waals surface area contributed by atoms with Crippen LogP contribution in [0.5, 0.6) is 0 Å². The van der Waals surface area contributed by atoms with Gasteiger partial charge in [0.15, 0.2) is 5.78 Å². The number of benzene rings is 1. The summed E-state index contributed by atoms with van der Waals surface area (Å²) in [6.07, 6.45) is 3.78. The van der Waals surface area contributed by atoms with Gasteiger partial charge in [-0.25, -0.2) is 9.78 Å². The molecule has 1 aliphatic rings. The highest BCUT2D eigenvalue weighted by molar-refractivity contribution is 7.17. The predicted molar refractivity (Wildman–Crippen MR) is 139 cm³/mol. The van der Waals surface area contributed by atoms with E-state index in [1.165, 1.54) is 22.7 Å². The van der Waals surface area contributed by atoms with Crippen LogP contribution in [0.15, 0.2) is 41.2 Å². The second kappa shape index (κ2) is 10.8. The lowest BCUT2D eigenvalue weighted by Crippen LogP contribution is -2.34. The molecule has 7 nitrogen and oxygen atoms in total. The summed E-state index contributed by atoms with van der Waals surface area (Å²) >= 11 is 2.53. The number of carboxylic acids is 1. The van der Waals surface area contributed by atoms with Gasteiger partial charge < -0.3 is 10.4 Å². The number of hydrogen-bond donors (Lipinski definition) is 2. The first-order valence-electron chi connectivity index (χ1n) is 11.6. The summed E-state index contributed by atoms with van der Waals surface area (Å²) in [5, 5.41) is 14.4. The Hall–Kier alpha value is -2.88. The number of thiazole rings is 1. The fourth-order valence-corrected chi connectivity index (χ4v) is 6.18. The molecule has 2 heterocycles. The van der Waals surface area contributed by atoms with Gasteiger partial charge in [-0.05, 0) is 56.6 Å². The Balaban J connectivity index is 1.59. The highest BCUT2D eigenvalue weighted by atomic mass is 32.1. The molecule has 0 bridgehead atoms. The molecule has 1 unspecified atom stereocenters. The van der Waals surface area contributed by atoms with Crippen LogP contribution in [0.2, 0.25) is 0 Å². The van der Waals surface area contributed by atoms with Crippen molar-refractivity contribution >= 4 is 46.0 Å². The number of amides is 1. The fraction of sp³-hybridized carbons (Fsp3) is 0.385. The number of anilines is 1. The molecule has 2 N–H and O–H groups in total. The number of Topliss-reactive ketones (excluding diaryl/α,β-unsaturated/α-hetero) is 1. The molecule has 1 saturated carbocycles. The summed E-state index contributed by atoms with van der Waals surface area (Å²) in [5.41, 5.74) is 3.96. The minimum atomic E-state index is -1.03. The van der Waals surface area contributed by atoms with Gasteiger partial charge in [-0.15, -0.1) is 22.7 Å². The van der Waals surface area contributed by atoms with E-state index in [2.05, 4.69) is 17.2 Å². The molecule has 4 rings (SSSR count). The standard InChI is InChI=1S/C26H29N3O4S2/c1-15-4-6-17(7-5-15)23(30)22(29(2)3)19-12-21(35-24(19)26(32)33)16-8-10-18(11-9-16)28-25(31)20-13-34-14-27-20/h8-15,17,22H,4-7H2,1-3H3,(H,28,31)(H,32,33). The molecule has 1 aliphatic carbocycles. The Bertz CT molecular complexity index is 1190. The number of rotatable bonds is 8. The molecular formula is C26H29N3O4S2. The average molecular weight is 512 g/mol. The van der Waals surface area contributed by atoms with Crippen molar-refractivity contribution in [2.75, 3.05) is 19.4 Å². The van der Waals surface area contributed by atoms with Crippen molar-refractivity contribution in [1.29, 1.82) is 0 Å². The zero-order valence-corrected chi connectivity index (χ0v) is 21.6. The van der Waals surface area contributed by atoms with Gasteiger partial charge in [0.2, 0.25) is 0 Å².